The van der Waals surface area contributed by atoms with Gasteiger partial charge in [0.05, 0.1) is 41.7 Å². The van der Waals surface area contributed by atoms with Gasteiger partial charge < -0.3 is 9.64 Å². The fourth-order valence-electron chi connectivity index (χ4n) is 6.02. The Bertz CT molecular complexity index is 2240. The predicted molar refractivity (Wildman–Crippen MR) is 187 cm³/mol. The van der Waals surface area contributed by atoms with Crippen molar-refractivity contribution < 1.29 is 14.3 Å². The van der Waals surface area contributed by atoms with E-state index < -0.39 is 17.6 Å². The lowest BCUT2D eigenvalue weighted by molar-refractivity contribution is -0.138. The summed E-state index contributed by atoms with van der Waals surface area (Å²) in [5.74, 6) is -0.830. The third kappa shape index (κ3) is 5.54. The van der Waals surface area contributed by atoms with E-state index in [-0.39, 0.29) is 22.6 Å². The Hall–Kier alpha value is -4.70. The van der Waals surface area contributed by atoms with Gasteiger partial charge in [0, 0.05) is 21.0 Å². The normalized spacial score (nSPS) is 16.5. The van der Waals surface area contributed by atoms with Crippen LogP contribution in [-0.4, -0.2) is 29.3 Å². The smallest absolute Gasteiger partial charge is 0.338 e. The number of carbonyl (C=O) groups is 2. The van der Waals surface area contributed by atoms with Crippen molar-refractivity contribution in [2.75, 3.05) is 17.8 Å². The lowest BCUT2D eigenvalue weighted by atomic mass is 9.93. The standard InChI is InChI=1S/C37H28ClN3O4S2/c1-3-45-36(44)30-31(23-9-5-4-6-10-23)39-37-41(32(30)24-15-19-26(46-2)20-16-24)35(43)33(47-37)29-27-11-7-8-12-28(27)40(34(29)42)21-22-13-17-25(38)18-14-22/h4-20,32H,3,21H2,1-2H3/b33-29+/t32-/m0/s1. The van der Waals surface area contributed by atoms with Crippen molar-refractivity contribution in [3.05, 3.63) is 156 Å². The number of fused-ring (bicyclic) bond motifs is 2. The van der Waals surface area contributed by atoms with Crippen LogP contribution in [0.4, 0.5) is 5.69 Å². The van der Waals surface area contributed by atoms with Crippen molar-refractivity contribution in [3.8, 4) is 0 Å². The van der Waals surface area contributed by atoms with Crippen LogP contribution in [0.15, 0.2) is 123 Å². The molecule has 1 aromatic heterocycles. The molecule has 0 bridgehead atoms. The van der Waals surface area contributed by atoms with Crippen molar-refractivity contribution in [2.45, 2.75) is 24.4 Å². The highest BCUT2D eigenvalue weighted by Crippen LogP contribution is 2.38. The van der Waals surface area contributed by atoms with E-state index in [4.69, 9.17) is 21.3 Å². The molecule has 0 unspecified atom stereocenters. The first-order valence-corrected chi connectivity index (χ1v) is 17.4. The van der Waals surface area contributed by atoms with Crippen LogP contribution in [0.25, 0.3) is 11.3 Å². The number of aromatic nitrogens is 1. The molecule has 0 aliphatic carbocycles. The molecule has 0 N–H and O–H groups in total. The average Bonchev–Trinajstić information content (AvgIpc) is 3.57. The molecule has 10 heteroatoms. The van der Waals surface area contributed by atoms with E-state index in [2.05, 4.69) is 0 Å². The summed E-state index contributed by atoms with van der Waals surface area (Å²) in [4.78, 5) is 50.8. The number of thioether (sulfide) groups is 1. The number of amides is 1. The molecule has 234 valence electrons. The molecule has 0 fully saturated rings. The molecule has 3 heterocycles. The molecule has 1 amide bonds. The van der Waals surface area contributed by atoms with Crippen LogP contribution in [-0.2, 0) is 20.9 Å². The Morgan fingerprint density at radius 2 is 1.64 bits per heavy atom. The number of hydrogen-bond acceptors (Lipinski definition) is 7. The number of benzene rings is 4. The van der Waals surface area contributed by atoms with Crippen LogP contribution < -0.4 is 19.8 Å². The minimum absolute atomic E-state index is 0.159. The lowest BCUT2D eigenvalue weighted by Gasteiger charge is -2.26. The average molecular weight is 678 g/mol. The van der Waals surface area contributed by atoms with Crippen molar-refractivity contribution in [2.24, 2.45) is 4.99 Å². The maximum absolute atomic E-state index is 14.7. The van der Waals surface area contributed by atoms with Crippen LogP contribution in [0.3, 0.4) is 0 Å². The van der Waals surface area contributed by atoms with Crippen molar-refractivity contribution in [3.63, 3.8) is 0 Å². The van der Waals surface area contributed by atoms with Gasteiger partial charge in [0.25, 0.3) is 11.5 Å². The Morgan fingerprint density at radius 1 is 0.936 bits per heavy atom. The summed E-state index contributed by atoms with van der Waals surface area (Å²) in [6.45, 7) is 2.22. The maximum atomic E-state index is 14.7. The van der Waals surface area contributed by atoms with Gasteiger partial charge in [-0.25, -0.2) is 9.79 Å². The predicted octanol–water partition coefficient (Wildman–Crippen LogP) is 6.23. The van der Waals surface area contributed by atoms with E-state index in [1.165, 1.54) is 4.57 Å². The zero-order valence-corrected chi connectivity index (χ0v) is 27.9. The van der Waals surface area contributed by atoms with E-state index in [1.807, 2.05) is 97.3 Å². The number of thiazole rings is 1. The van der Waals surface area contributed by atoms with Gasteiger partial charge in [-0.2, -0.15) is 0 Å². The fourth-order valence-corrected chi connectivity index (χ4v) is 7.65. The van der Waals surface area contributed by atoms with Gasteiger partial charge >= 0.3 is 5.97 Å². The van der Waals surface area contributed by atoms with Gasteiger partial charge in [-0.3, -0.25) is 14.2 Å². The van der Waals surface area contributed by atoms with Gasteiger partial charge in [-0.05, 0) is 54.6 Å². The molecular weight excluding hydrogens is 650 g/mol. The number of ether oxygens (including phenoxy) is 1. The number of para-hydroxylation sites is 1. The second-order valence-electron chi connectivity index (χ2n) is 10.9. The van der Waals surface area contributed by atoms with Crippen molar-refractivity contribution >= 4 is 63.5 Å². The van der Waals surface area contributed by atoms with E-state index in [1.54, 1.807) is 35.7 Å². The largest absolute Gasteiger partial charge is 0.463 e. The summed E-state index contributed by atoms with van der Waals surface area (Å²) in [7, 11) is 0. The molecule has 47 heavy (non-hydrogen) atoms. The fraction of sp³-hybridized carbons (Fsp3) is 0.135. The molecule has 0 saturated carbocycles. The van der Waals surface area contributed by atoms with Crippen molar-refractivity contribution in [1.82, 2.24) is 4.57 Å². The number of nitrogens with zero attached hydrogens (tertiary/aromatic N) is 3. The zero-order valence-electron chi connectivity index (χ0n) is 25.5. The summed E-state index contributed by atoms with van der Waals surface area (Å²) < 4.78 is 7.39. The van der Waals surface area contributed by atoms with Gasteiger partial charge in [-0.1, -0.05) is 95.7 Å². The first-order chi connectivity index (χ1) is 22.9. The molecule has 7 rings (SSSR count). The Kier molecular flexibility index (Phi) is 8.44. The summed E-state index contributed by atoms with van der Waals surface area (Å²) in [6.07, 6.45) is 1.99. The summed E-state index contributed by atoms with van der Waals surface area (Å²) in [5.41, 5.74) is 4.36. The summed E-state index contributed by atoms with van der Waals surface area (Å²) in [6, 6.07) is 31.2. The van der Waals surface area contributed by atoms with Crippen molar-refractivity contribution in [1.29, 1.82) is 0 Å². The molecule has 4 aromatic carbocycles. The highest BCUT2D eigenvalue weighted by atomic mass is 35.5. The topological polar surface area (TPSA) is 81.0 Å². The van der Waals surface area contributed by atoms with Gasteiger partial charge in [0.2, 0.25) is 0 Å². The van der Waals surface area contributed by atoms with E-state index in [0.717, 1.165) is 38.6 Å². The maximum Gasteiger partial charge on any atom is 0.338 e. The molecule has 0 saturated heterocycles. The Morgan fingerprint density at radius 3 is 2.34 bits per heavy atom. The molecule has 2 aliphatic heterocycles. The highest BCUT2D eigenvalue weighted by Gasteiger charge is 2.38. The first kappa shape index (κ1) is 30.9. The monoisotopic (exact) mass is 677 g/mol. The minimum atomic E-state index is -0.831. The SMILES string of the molecule is CCOC(=O)C1=C(c2ccccc2)N=c2s/c(=C3/C(=O)N(Cc4ccc(Cl)cc4)c4ccccc43)c(=O)n2[C@H]1c1ccc(SC)cc1. The number of halogens is 1. The quantitative estimate of drug-likeness (QED) is 0.151. The number of carbonyl (C=O) groups excluding carboxylic acids is 2. The number of anilines is 1. The highest BCUT2D eigenvalue weighted by molar-refractivity contribution is 7.98. The van der Waals surface area contributed by atoms with E-state index in [9.17, 15) is 14.4 Å². The van der Waals surface area contributed by atoms with Crippen LogP contribution in [0.1, 0.15) is 35.2 Å². The molecule has 5 aromatic rings. The number of esters is 1. The zero-order chi connectivity index (χ0) is 32.7. The minimum Gasteiger partial charge on any atom is -0.463 e. The molecule has 7 nitrogen and oxygen atoms in total. The summed E-state index contributed by atoms with van der Waals surface area (Å²) >= 11 is 8.87. The molecule has 0 radical (unpaired) electrons. The molecule has 1 atom stereocenters. The summed E-state index contributed by atoms with van der Waals surface area (Å²) in [5, 5.41) is 0.610. The second-order valence-corrected chi connectivity index (χ2v) is 13.2. The van der Waals surface area contributed by atoms with Crippen LogP contribution in [0.2, 0.25) is 5.02 Å². The van der Waals surface area contributed by atoms with Gasteiger partial charge in [0.15, 0.2) is 4.80 Å². The second kappa shape index (κ2) is 12.8. The third-order valence-corrected chi connectivity index (χ3v) is 10.2. The van der Waals surface area contributed by atoms with Gasteiger partial charge in [0.1, 0.15) is 4.53 Å². The van der Waals surface area contributed by atoms with Crippen LogP contribution in [0, 0.1) is 0 Å². The molecule has 2 aliphatic rings. The Labute approximate surface area is 284 Å². The van der Waals surface area contributed by atoms with Crippen LogP contribution in [0.5, 0.6) is 0 Å². The lowest BCUT2D eigenvalue weighted by Crippen LogP contribution is -2.41. The van der Waals surface area contributed by atoms with Gasteiger partial charge in [-0.15, -0.1) is 11.8 Å². The van der Waals surface area contributed by atoms with E-state index >= 15 is 0 Å². The first-order valence-electron chi connectivity index (χ1n) is 15.0. The Balaban J connectivity index is 1.49. The van der Waals surface area contributed by atoms with Crippen LogP contribution >= 0.6 is 34.7 Å². The third-order valence-electron chi connectivity index (χ3n) is 8.18. The number of rotatable bonds is 7. The van der Waals surface area contributed by atoms with E-state index in [0.29, 0.717) is 33.2 Å². The molecule has 0 spiro atoms. The molecular formula is C37H28ClN3O4S2. The number of hydrogen-bond donors (Lipinski definition) is 0.